The van der Waals surface area contributed by atoms with Crippen molar-refractivity contribution in [2.45, 2.75) is 38.5 Å². The van der Waals surface area contributed by atoms with Crippen molar-refractivity contribution < 1.29 is 14.9 Å². The van der Waals surface area contributed by atoms with Crippen LogP contribution in [0.15, 0.2) is 109 Å². The van der Waals surface area contributed by atoms with Gasteiger partial charge in [-0.25, -0.2) is 0 Å². The Morgan fingerprint density at radius 3 is 1.37 bits per heavy atom. The zero-order chi connectivity index (χ0) is 32.7. The highest BCUT2D eigenvalue weighted by atomic mass is 35.5. The van der Waals surface area contributed by atoms with E-state index in [1.807, 2.05) is 36.7 Å². The van der Waals surface area contributed by atoms with Gasteiger partial charge in [-0.05, 0) is 61.8 Å². The van der Waals surface area contributed by atoms with E-state index in [4.69, 9.17) is 19.4 Å². The van der Waals surface area contributed by atoms with Gasteiger partial charge < -0.3 is 24.7 Å². The number of anilines is 2. The van der Waals surface area contributed by atoms with Crippen molar-refractivity contribution in [3.63, 3.8) is 0 Å². The number of aryl methyl sites for hydroxylation is 2. The van der Waals surface area contributed by atoms with Crippen molar-refractivity contribution in [2.75, 3.05) is 50.2 Å². The number of nitrogens with zero attached hydrogens (tertiary/aromatic N) is 4. The minimum absolute atomic E-state index is 0. The van der Waals surface area contributed by atoms with Gasteiger partial charge in [-0.1, -0.05) is 84.9 Å². The third-order valence-electron chi connectivity index (χ3n) is 9.70. The maximum atomic E-state index is 5.49. The van der Waals surface area contributed by atoms with E-state index in [1.165, 1.54) is 68.3 Å². The van der Waals surface area contributed by atoms with E-state index in [0.717, 1.165) is 63.4 Å². The normalized spacial score (nSPS) is 13.0. The Labute approximate surface area is 313 Å². The van der Waals surface area contributed by atoms with Crippen LogP contribution in [0.2, 0.25) is 0 Å². The molecule has 4 aromatic carbocycles. The van der Waals surface area contributed by atoms with Crippen molar-refractivity contribution in [1.82, 2.24) is 9.97 Å². The fraction of sp³-hybridized carbons (Fsp3) is 0.286. The van der Waals surface area contributed by atoms with Gasteiger partial charge in [0.05, 0.1) is 37.0 Å². The third kappa shape index (κ3) is 8.67. The van der Waals surface area contributed by atoms with Crippen LogP contribution >= 0.6 is 24.8 Å². The van der Waals surface area contributed by atoms with Crippen molar-refractivity contribution in [3.8, 4) is 11.5 Å². The van der Waals surface area contributed by atoms with Crippen molar-refractivity contribution in [3.05, 3.63) is 132 Å². The second-order valence-electron chi connectivity index (χ2n) is 12.6. The molecule has 7 nitrogen and oxygen atoms in total. The summed E-state index contributed by atoms with van der Waals surface area (Å²) >= 11 is 0. The monoisotopic (exact) mass is 726 g/mol. The summed E-state index contributed by atoms with van der Waals surface area (Å²) in [5.74, 6) is 1.96. The van der Waals surface area contributed by atoms with E-state index in [0.29, 0.717) is 0 Å². The topological polar surface area (TPSA) is 82.2 Å². The van der Waals surface area contributed by atoms with Crippen LogP contribution in [-0.2, 0) is 25.7 Å². The van der Waals surface area contributed by atoms with Crippen molar-refractivity contribution in [2.24, 2.45) is 0 Å². The largest absolute Gasteiger partial charge is 0.496 e. The lowest BCUT2D eigenvalue weighted by Crippen LogP contribution is -2.32. The standard InChI is InChI=1S/2C21H22N2O.2ClH.H2O/c2*1-24-20-11-5-3-7-16(20)12-14-23-13-6-10-19-21(23)18-9-4-2-8-17(18)15-22-19;;;/h2*2-5,7-9,11,15H,6,10,12-14H2,1H3;2*1H;1H2. The Morgan fingerprint density at radius 2 is 0.941 bits per heavy atom. The number of ether oxygens (including phenoxy) is 2. The van der Waals surface area contributed by atoms with Gasteiger partial charge in [0, 0.05) is 60.1 Å². The molecule has 6 aromatic rings. The highest BCUT2D eigenvalue weighted by molar-refractivity contribution is 5.96. The van der Waals surface area contributed by atoms with Crippen LogP contribution in [0.5, 0.6) is 11.5 Å². The van der Waals surface area contributed by atoms with Gasteiger partial charge in [-0.2, -0.15) is 0 Å². The van der Waals surface area contributed by atoms with E-state index in [2.05, 4.69) is 82.6 Å². The molecule has 51 heavy (non-hydrogen) atoms. The average molecular weight is 728 g/mol. The van der Waals surface area contributed by atoms with Crippen LogP contribution in [0.25, 0.3) is 21.5 Å². The third-order valence-corrected chi connectivity index (χ3v) is 9.70. The molecule has 0 bridgehead atoms. The van der Waals surface area contributed by atoms with Crippen LogP contribution in [0.3, 0.4) is 0 Å². The quantitative estimate of drug-likeness (QED) is 0.157. The summed E-state index contributed by atoms with van der Waals surface area (Å²) in [6.07, 6.45) is 10.5. The second kappa shape index (κ2) is 18.6. The summed E-state index contributed by atoms with van der Waals surface area (Å²) in [7, 11) is 3.49. The molecule has 4 heterocycles. The minimum atomic E-state index is 0. The fourth-order valence-corrected chi connectivity index (χ4v) is 7.33. The van der Waals surface area contributed by atoms with Gasteiger partial charge in [0.2, 0.25) is 0 Å². The Balaban J connectivity index is 0.000000216. The summed E-state index contributed by atoms with van der Waals surface area (Å²) in [5.41, 5.74) is 7.66. The molecule has 0 saturated carbocycles. The number of fused-ring (bicyclic) bond motifs is 6. The molecule has 2 aliphatic rings. The lowest BCUT2D eigenvalue weighted by Gasteiger charge is -2.32. The molecule has 0 saturated heterocycles. The smallest absolute Gasteiger partial charge is 0.122 e. The Hall–Kier alpha value is -4.56. The van der Waals surface area contributed by atoms with Gasteiger partial charge in [0.25, 0.3) is 0 Å². The molecule has 8 rings (SSSR count). The molecule has 0 radical (unpaired) electrons. The number of para-hydroxylation sites is 2. The van der Waals surface area contributed by atoms with E-state index in [9.17, 15) is 0 Å². The summed E-state index contributed by atoms with van der Waals surface area (Å²) < 4.78 is 11.0. The predicted octanol–water partition coefficient (Wildman–Crippen LogP) is 8.50. The summed E-state index contributed by atoms with van der Waals surface area (Å²) in [6.45, 7) is 4.17. The molecule has 9 heteroatoms. The number of halogens is 2. The highest BCUT2D eigenvalue weighted by Gasteiger charge is 2.22. The first-order chi connectivity index (χ1) is 23.7. The second-order valence-corrected chi connectivity index (χ2v) is 12.6. The lowest BCUT2D eigenvalue weighted by atomic mass is 10.0. The molecule has 0 fully saturated rings. The molecule has 2 aromatic heterocycles. The molecule has 2 aliphatic heterocycles. The van der Waals surface area contributed by atoms with E-state index in [-0.39, 0.29) is 30.3 Å². The van der Waals surface area contributed by atoms with Crippen LogP contribution < -0.4 is 19.3 Å². The van der Waals surface area contributed by atoms with Gasteiger partial charge in [-0.15, -0.1) is 24.8 Å². The first-order valence-corrected chi connectivity index (χ1v) is 17.2. The van der Waals surface area contributed by atoms with Crippen LogP contribution in [0.1, 0.15) is 35.4 Å². The zero-order valence-electron chi connectivity index (χ0n) is 29.4. The van der Waals surface area contributed by atoms with Gasteiger partial charge in [-0.3, -0.25) is 9.97 Å². The highest BCUT2D eigenvalue weighted by Crippen LogP contribution is 2.35. The predicted molar refractivity (Wildman–Crippen MR) is 216 cm³/mol. The fourth-order valence-electron chi connectivity index (χ4n) is 7.33. The van der Waals surface area contributed by atoms with Crippen molar-refractivity contribution in [1.29, 1.82) is 0 Å². The van der Waals surface area contributed by atoms with Crippen LogP contribution in [-0.4, -0.2) is 55.8 Å². The Bertz CT molecular complexity index is 1880. The van der Waals surface area contributed by atoms with E-state index in [1.54, 1.807) is 14.2 Å². The lowest BCUT2D eigenvalue weighted by molar-refractivity contribution is 0.409. The molecular weight excluding hydrogens is 679 g/mol. The molecule has 0 spiro atoms. The molecular formula is C42H48Cl2N4O3. The zero-order valence-corrected chi connectivity index (χ0v) is 31.0. The minimum Gasteiger partial charge on any atom is -0.496 e. The number of benzene rings is 4. The Kier molecular flexibility index (Phi) is 14.3. The number of hydrogen-bond donors (Lipinski definition) is 0. The van der Waals surface area contributed by atoms with Crippen molar-refractivity contribution >= 4 is 57.7 Å². The molecule has 268 valence electrons. The summed E-state index contributed by atoms with van der Waals surface area (Å²) in [6, 6.07) is 33.7. The van der Waals surface area contributed by atoms with E-state index < -0.39 is 0 Å². The molecule has 0 atom stereocenters. The maximum Gasteiger partial charge on any atom is 0.122 e. The molecule has 0 unspecified atom stereocenters. The summed E-state index contributed by atoms with van der Waals surface area (Å²) in [4.78, 5) is 14.4. The van der Waals surface area contributed by atoms with Crippen LogP contribution in [0, 0.1) is 0 Å². The first-order valence-electron chi connectivity index (χ1n) is 17.2. The maximum absolute atomic E-state index is 5.49. The number of rotatable bonds is 8. The molecule has 2 N–H and O–H groups in total. The molecule has 0 aliphatic carbocycles. The summed E-state index contributed by atoms with van der Waals surface area (Å²) in [5, 5.41) is 5.09. The Morgan fingerprint density at radius 1 is 0.549 bits per heavy atom. The number of methoxy groups -OCH3 is 2. The number of aromatic nitrogens is 2. The van der Waals surface area contributed by atoms with Gasteiger partial charge in [0.15, 0.2) is 0 Å². The average Bonchev–Trinajstić information content (AvgIpc) is 3.16. The SMILES string of the molecule is COc1ccccc1CCN1CCCc2ncc3ccccc3c21.COc1ccccc1CCN1CCCc2ncc3ccccc3c21.Cl.Cl.O. The van der Waals surface area contributed by atoms with Gasteiger partial charge in [0.1, 0.15) is 11.5 Å². The van der Waals surface area contributed by atoms with E-state index >= 15 is 0 Å². The van der Waals surface area contributed by atoms with Gasteiger partial charge >= 0.3 is 0 Å². The van der Waals surface area contributed by atoms with Crippen LogP contribution in [0.4, 0.5) is 11.4 Å². The first kappa shape index (κ1) is 39.2. The molecule has 0 amide bonds. The number of hydrogen-bond acceptors (Lipinski definition) is 6. The number of pyridine rings is 2.